The van der Waals surface area contributed by atoms with E-state index < -0.39 is 13.0 Å². The van der Waals surface area contributed by atoms with Crippen molar-refractivity contribution in [2.45, 2.75) is 33.1 Å². The molecule has 0 aromatic carbocycles. The topological polar surface area (TPSA) is 61.0 Å². The second-order valence-corrected chi connectivity index (χ2v) is 4.02. The van der Waals surface area contributed by atoms with Crippen molar-refractivity contribution in [2.24, 2.45) is 5.73 Å². The Kier molecular flexibility index (Phi) is 5.33. The zero-order valence-corrected chi connectivity index (χ0v) is 11.1. The van der Waals surface area contributed by atoms with Crippen LogP contribution in [0.2, 0.25) is 0 Å². The summed E-state index contributed by atoms with van der Waals surface area (Å²) in [6.07, 6.45) is -1.28. The minimum atomic E-state index is -2.58. The number of nitrogens with two attached hydrogens (primary N) is 1. The zero-order chi connectivity index (χ0) is 13.7. The lowest BCUT2D eigenvalue weighted by molar-refractivity contribution is 0.0789. The van der Waals surface area contributed by atoms with Gasteiger partial charge in [0.25, 0.3) is 6.43 Å². The number of nitrogens with zero attached hydrogens (tertiary/aromatic N) is 2. The smallest absolute Gasteiger partial charge is 0.272 e. The minimum Gasteiger partial charge on any atom is -0.470 e. The van der Waals surface area contributed by atoms with E-state index in [1.807, 2.05) is 13.8 Å². The van der Waals surface area contributed by atoms with Crippen LogP contribution in [0.15, 0.2) is 0 Å². The van der Waals surface area contributed by atoms with E-state index >= 15 is 0 Å². The fraction of sp³-hybridized carbons (Fsp3) is 0.545. The van der Waals surface area contributed by atoms with Crippen LogP contribution in [-0.4, -0.2) is 28.2 Å². The van der Waals surface area contributed by atoms with E-state index in [1.54, 1.807) is 0 Å². The van der Waals surface area contributed by atoms with Crippen LogP contribution in [0.5, 0.6) is 5.88 Å². The largest absolute Gasteiger partial charge is 0.470 e. The number of rotatable bonds is 6. The van der Waals surface area contributed by atoms with Crippen molar-refractivity contribution in [1.82, 2.24) is 10.2 Å². The van der Waals surface area contributed by atoms with Gasteiger partial charge in [0.15, 0.2) is 6.61 Å². The van der Waals surface area contributed by atoms with E-state index in [-0.39, 0.29) is 10.9 Å². The molecule has 0 unspecified atom stereocenters. The van der Waals surface area contributed by atoms with Gasteiger partial charge in [0, 0.05) is 0 Å². The summed E-state index contributed by atoms with van der Waals surface area (Å²) < 4.78 is 29.2. The molecule has 2 N–H and O–H groups in total. The number of aryl methyl sites for hydroxylation is 1. The van der Waals surface area contributed by atoms with Crippen molar-refractivity contribution in [3.8, 4) is 5.88 Å². The molecular formula is C11H15F2N3OS. The maximum absolute atomic E-state index is 12.1. The lowest BCUT2D eigenvalue weighted by atomic mass is 10.0. The van der Waals surface area contributed by atoms with Crippen LogP contribution in [0.25, 0.3) is 0 Å². The molecule has 0 aliphatic rings. The maximum Gasteiger partial charge on any atom is 0.272 e. The van der Waals surface area contributed by atoms with E-state index in [0.29, 0.717) is 18.4 Å². The van der Waals surface area contributed by atoms with Gasteiger partial charge in [0.1, 0.15) is 4.99 Å². The van der Waals surface area contributed by atoms with Crippen molar-refractivity contribution in [1.29, 1.82) is 0 Å². The third-order valence-electron chi connectivity index (χ3n) is 2.41. The second-order valence-electron chi connectivity index (χ2n) is 3.58. The monoisotopic (exact) mass is 275 g/mol. The molecule has 0 aliphatic carbocycles. The Balaban J connectivity index is 3.21. The quantitative estimate of drug-likeness (QED) is 0.803. The first-order chi connectivity index (χ1) is 8.51. The minimum absolute atomic E-state index is 0.0168. The summed E-state index contributed by atoms with van der Waals surface area (Å²) in [6.45, 7) is 3.08. The van der Waals surface area contributed by atoms with E-state index in [9.17, 15) is 8.78 Å². The van der Waals surface area contributed by atoms with Gasteiger partial charge >= 0.3 is 0 Å². The Morgan fingerprint density at radius 2 is 2.00 bits per heavy atom. The molecule has 7 heteroatoms. The lowest BCUT2D eigenvalue weighted by Crippen LogP contribution is -2.20. The Bertz CT molecular complexity index is 441. The SMILES string of the molecule is CCc1nnc(OCC(F)F)c(C(N)=S)c1CC. The Morgan fingerprint density at radius 3 is 2.44 bits per heavy atom. The predicted octanol–water partition coefficient (Wildman–Crippen LogP) is 1.88. The molecule has 0 fully saturated rings. The van der Waals surface area contributed by atoms with E-state index in [2.05, 4.69) is 10.2 Å². The van der Waals surface area contributed by atoms with Gasteiger partial charge in [0.05, 0.1) is 11.3 Å². The fourth-order valence-electron chi connectivity index (χ4n) is 1.65. The number of ether oxygens (including phenoxy) is 1. The average Bonchev–Trinajstić information content (AvgIpc) is 2.34. The summed E-state index contributed by atoms with van der Waals surface area (Å²) in [6, 6.07) is 0. The number of aromatic nitrogens is 2. The fourth-order valence-corrected chi connectivity index (χ4v) is 1.86. The first-order valence-corrected chi connectivity index (χ1v) is 6.01. The van der Waals surface area contributed by atoms with Crippen LogP contribution in [-0.2, 0) is 12.8 Å². The standard InChI is InChI=1S/C11H15F2N3OS/c1-3-6-7(4-2)15-16-11(9(6)10(14)18)17-5-8(12)13/h8H,3-5H2,1-2H3,(H2,14,18). The highest BCUT2D eigenvalue weighted by atomic mass is 32.1. The van der Waals surface area contributed by atoms with Crippen molar-refractivity contribution >= 4 is 17.2 Å². The molecule has 0 spiro atoms. The Hall–Kier alpha value is -1.37. The van der Waals surface area contributed by atoms with Gasteiger partial charge in [-0.05, 0) is 18.4 Å². The van der Waals surface area contributed by atoms with Gasteiger partial charge in [-0.15, -0.1) is 5.10 Å². The summed E-state index contributed by atoms with van der Waals surface area (Å²) in [5, 5.41) is 7.73. The summed E-state index contributed by atoms with van der Waals surface area (Å²) in [5.41, 5.74) is 7.60. The molecule has 1 aromatic heterocycles. The summed E-state index contributed by atoms with van der Waals surface area (Å²) >= 11 is 4.93. The molecule has 0 saturated carbocycles. The molecular weight excluding hydrogens is 260 g/mol. The molecule has 0 radical (unpaired) electrons. The molecule has 1 heterocycles. The van der Waals surface area contributed by atoms with Gasteiger partial charge in [-0.1, -0.05) is 26.1 Å². The van der Waals surface area contributed by atoms with Gasteiger partial charge in [-0.25, -0.2) is 8.78 Å². The van der Waals surface area contributed by atoms with Gasteiger partial charge < -0.3 is 10.5 Å². The first-order valence-electron chi connectivity index (χ1n) is 5.60. The van der Waals surface area contributed by atoms with E-state index in [0.717, 1.165) is 11.3 Å². The lowest BCUT2D eigenvalue weighted by Gasteiger charge is -2.14. The third kappa shape index (κ3) is 3.32. The van der Waals surface area contributed by atoms with Gasteiger partial charge in [0.2, 0.25) is 5.88 Å². The predicted molar refractivity (Wildman–Crippen MR) is 68.2 cm³/mol. The summed E-state index contributed by atoms with van der Waals surface area (Å²) in [5.74, 6) is -0.0168. The number of thiocarbonyl (C=S) groups is 1. The number of alkyl halides is 2. The Labute approximate surface area is 110 Å². The number of hydrogen-bond acceptors (Lipinski definition) is 4. The molecule has 0 saturated heterocycles. The number of hydrogen-bond donors (Lipinski definition) is 1. The molecule has 0 amide bonds. The molecule has 100 valence electrons. The van der Waals surface area contributed by atoms with Crippen molar-refractivity contribution < 1.29 is 13.5 Å². The average molecular weight is 275 g/mol. The van der Waals surface area contributed by atoms with Crippen LogP contribution in [0, 0.1) is 0 Å². The molecule has 0 bridgehead atoms. The second kappa shape index (κ2) is 6.53. The number of halogens is 2. The van der Waals surface area contributed by atoms with Crippen molar-refractivity contribution in [3.63, 3.8) is 0 Å². The maximum atomic E-state index is 12.1. The Morgan fingerprint density at radius 1 is 1.33 bits per heavy atom. The van der Waals surface area contributed by atoms with E-state index in [4.69, 9.17) is 22.7 Å². The van der Waals surface area contributed by atoms with E-state index in [1.165, 1.54) is 0 Å². The van der Waals surface area contributed by atoms with Crippen LogP contribution in [0.1, 0.15) is 30.7 Å². The first kappa shape index (κ1) is 14.7. The zero-order valence-electron chi connectivity index (χ0n) is 10.2. The molecule has 1 rings (SSSR count). The molecule has 4 nitrogen and oxygen atoms in total. The van der Waals surface area contributed by atoms with Gasteiger partial charge in [-0.3, -0.25) is 0 Å². The van der Waals surface area contributed by atoms with Crippen LogP contribution >= 0.6 is 12.2 Å². The third-order valence-corrected chi connectivity index (χ3v) is 2.61. The van der Waals surface area contributed by atoms with Crippen molar-refractivity contribution in [3.05, 3.63) is 16.8 Å². The van der Waals surface area contributed by atoms with Crippen LogP contribution in [0.3, 0.4) is 0 Å². The van der Waals surface area contributed by atoms with Crippen molar-refractivity contribution in [2.75, 3.05) is 6.61 Å². The molecule has 1 aromatic rings. The normalized spacial score (nSPS) is 10.7. The summed E-state index contributed by atoms with van der Waals surface area (Å²) in [7, 11) is 0. The highest BCUT2D eigenvalue weighted by Crippen LogP contribution is 2.23. The molecule has 0 atom stereocenters. The highest BCUT2D eigenvalue weighted by Gasteiger charge is 2.18. The highest BCUT2D eigenvalue weighted by molar-refractivity contribution is 7.80. The molecule has 18 heavy (non-hydrogen) atoms. The van der Waals surface area contributed by atoms with Gasteiger partial charge in [-0.2, -0.15) is 5.10 Å². The summed E-state index contributed by atoms with van der Waals surface area (Å²) in [4.78, 5) is 0.0840. The van der Waals surface area contributed by atoms with Crippen LogP contribution < -0.4 is 10.5 Å². The van der Waals surface area contributed by atoms with Crippen LogP contribution in [0.4, 0.5) is 8.78 Å². The molecule has 0 aliphatic heterocycles.